The van der Waals surface area contributed by atoms with E-state index in [-0.39, 0.29) is 36.2 Å². The molecule has 1 N–H and O–H groups in total. The van der Waals surface area contributed by atoms with Crippen molar-refractivity contribution in [2.45, 2.75) is 25.7 Å². The summed E-state index contributed by atoms with van der Waals surface area (Å²) in [4.78, 5) is 36.4. The van der Waals surface area contributed by atoms with E-state index < -0.39 is 0 Å². The lowest BCUT2D eigenvalue weighted by molar-refractivity contribution is -0.145. The van der Waals surface area contributed by atoms with Crippen LogP contribution >= 0.6 is 0 Å². The topological polar surface area (TPSA) is 75.7 Å². The van der Waals surface area contributed by atoms with Gasteiger partial charge in [-0.25, -0.2) is 0 Å². The van der Waals surface area contributed by atoms with Gasteiger partial charge in [0.15, 0.2) is 0 Å². The van der Waals surface area contributed by atoms with Crippen LogP contribution in [0, 0.1) is 11.8 Å². The molecule has 0 bridgehead atoms. The summed E-state index contributed by atoms with van der Waals surface area (Å²) >= 11 is 0. The van der Waals surface area contributed by atoms with E-state index in [0.717, 1.165) is 12.8 Å². The summed E-state index contributed by atoms with van der Waals surface area (Å²) in [5.74, 6) is -0.241. The number of nitrogens with zero attached hydrogens (tertiary/aromatic N) is 1. The molecule has 1 aliphatic carbocycles. The number of nitrogens with one attached hydrogen (secondary N) is 1. The van der Waals surface area contributed by atoms with Gasteiger partial charge in [0.1, 0.15) is 6.61 Å². The van der Waals surface area contributed by atoms with Crippen molar-refractivity contribution >= 4 is 17.8 Å². The zero-order valence-electron chi connectivity index (χ0n) is 12.2. The number of amides is 2. The Kier molecular flexibility index (Phi) is 5.36. The lowest BCUT2D eigenvalue weighted by Gasteiger charge is -2.30. The molecule has 0 atom stereocenters. The largest absolute Gasteiger partial charge is 0.464 e. The highest BCUT2D eigenvalue weighted by Crippen LogP contribution is 2.29. The Balaban J connectivity index is 1.59. The van der Waals surface area contributed by atoms with Crippen molar-refractivity contribution in [1.82, 2.24) is 10.2 Å². The van der Waals surface area contributed by atoms with Gasteiger partial charge in [-0.15, -0.1) is 0 Å². The Morgan fingerprint density at radius 3 is 2.38 bits per heavy atom. The third-order valence-corrected chi connectivity index (χ3v) is 3.91. The molecule has 1 saturated carbocycles. The Morgan fingerprint density at radius 2 is 1.81 bits per heavy atom. The second kappa shape index (κ2) is 7.24. The molecule has 116 valence electrons. The first-order valence-electron chi connectivity index (χ1n) is 7.47. The van der Waals surface area contributed by atoms with Crippen molar-refractivity contribution in [2.75, 3.05) is 26.2 Å². The molecule has 0 radical (unpaired) electrons. The van der Waals surface area contributed by atoms with Crippen LogP contribution in [-0.2, 0) is 19.1 Å². The minimum Gasteiger partial charge on any atom is -0.464 e. The molecule has 2 fully saturated rings. The molecule has 2 rings (SSSR count). The standard InChI is InChI=1S/C15H22N2O4/c1-2-13(18)17-8-5-11(6-9-17)14(19)16-7-10-21-15(20)12-3-4-12/h2,11-12H,1,3-10H2,(H,16,19). The summed E-state index contributed by atoms with van der Waals surface area (Å²) < 4.78 is 5.05. The monoisotopic (exact) mass is 294 g/mol. The van der Waals surface area contributed by atoms with Crippen molar-refractivity contribution in [1.29, 1.82) is 0 Å². The number of carbonyl (C=O) groups is 3. The Labute approximate surface area is 124 Å². The molecule has 21 heavy (non-hydrogen) atoms. The van der Waals surface area contributed by atoms with E-state index in [1.807, 2.05) is 0 Å². The zero-order valence-corrected chi connectivity index (χ0v) is 12.2. The van der Waals surface area contributed by atoms with E-state index in [1.165, 1.54) is 6.08 Å². The molecule has 6 nitrogen and oxygen atoms in total. The van der Waals surface area contributed by atoms with Crippen molar-refractivity contribution in [2.24, 2.45) is 11.8 Å². The summed E-state index contributed by atoms with van der Waals surface area (Å²) in [5.41, 5.74) is 0. The number of ether oxygens (including phenoxy) is 1. The average Bonchev–Trinajstić information content (AvgIpc) is 3.35. The maximum Gasteiger partial charge on any atom is 0.308 e. The number of rotatable bonds is 6. The van der Waals surface area contributed by atoms with Crippen LogP contribution in [0.3, 0.4) is 0 Å². The van der Waals surface area contributed by atoms with Crippen molar-refractivity contribution in [3.05, 3.63) is 12.7 Å². The predicted molar refractivity (Wildman–Crippen MR) is 76.2 cm³/mol. The summed E-state index contributed by atoms with van der Waals surface area (Å²) in [6.07, 6.45) is 4.47. The highest BCUT2D eigenvalue weighted by molar-refractivity contribution is 5.87. The summed E-state index contributed by atoms with van der Waals surface area (Å²) in [6.45, 7) is 5.21. The van der Waals surface area contributed by atoms with E-state index in [4.69, 9.17) is 4.74 Å². The molecule has 1 saturated heterocycles. The SMILES string of the molecule is C=CC(=O)N1CCC(C(=O)NCCOC(=O)C2CC2)CC1. The minimum absolute atomic E-state index is 0.0248. The van der Waals surface area contributed by atoms with E-state index in [0.29, 0.717) is 32.5 Å². The quantitative estimate of drug-likeness (QED) is 0.439. The molecule has 0 unspecified atom stereocenters. The third-order valence-electron chi connectivity index (χ3n) is 3.91. The highest BCUT2D eigenvalue weighted by Gasteiger charge is 2.31. The molecular formula is C15H22N2O4. The predicted octanol–water partition coefficient (Wildman–Crippen LogP) is 0.480. The van der Waals surface area contributed by atoms with Gasteiger partial charge in [-0.2, -0.15) is 0 Å². The van der Waals surface area contributed by atoms with Crippen molar-refractivity contribution in [3.63, 3.8) is 0 Å². The number of esters is 1. The van der Waals surface area contributed by atoms with Gasteiger partial charge in [-0.05, 0) is 31.8 Å². The smallest absolute Gasteiger partial charge is 0.308 e. The molecule has 0 aromatic rings. The van der Waals surface area contributed by atoms with Gasteiger partial charge in [0.2, 0.25) is 11.8 Å². The first-order valence-corrected chi connectivity index (χ1v) is 7.47. The lowest BCUT2D eigenvalue weighted by Crippen LogP contribution is -2.43. The minimum atomic E-state index is -0.152. The number of hydrogen-bond donors (Lipinski definition) is 1. The second-order valence-electron chi connectivity index (χ2n) is 5.54. The first kappa shape index (κ1) is 15.5. The molecule has 2 amide bonds. The number of carbonyl (C=O) groups excluding carboxylic acids is 3. The van der Waals surface area contributed by atoms with Crippen LogP contribution in [0.2, 0.25) is 0 Å². The van der Waals surface area contributed by atoms with Crippen LogP contribution in [0.5, 0.6) is 0 Å². The van der Waals surface area contributed by atoms with Crippen molar-refractivity contribution < 1.29 is 19.1 Å². The van der Waals surface area contributed by atoms with Gasteiger partial charge in [-0.3, -0.25) is 14.4 Å². The van der Waals surface area contributed by atoms with Crippen LogP contribution < -0.4 is 5.32 Å². The van der Waals surface area contributed by atoms with Gasteiger partial charge in [0.25, 0.3) is 0 Å². The first-order chi connectivity index (χ1) is 10.1. The van der Waals surface area contributed by atoms with Crippen LogP contribution in [0.4, 0.5) is 0 Å². The van der Waals surface area contributed by atoms with E-state index in [1.54, 1.807) is 4.90 Å². The van der Waals surface area contributed by atoms with E-state index >= 15 is 0 Å². The molecule has 0 aromatic carbocycles. The summed E-state index contributed by atoms with van der Waals surface area (Å²) in [5, 5.41) is 2.79. The van der Waals surface area contributed by atoms with Crippen LogP contribution in [-0.4, -0.2) is 48.9 Å². The fourth-order valence-electron chi connectivity index (χ4n) is 2.40. The highest BCUT2D eigenvalue weighted by atomic mass is 16.5. The Hall–Kier alpha value is -1.85. The molecular weight excluding hydrogens is 272 g/mol. The van der Waals surface area contributed by atoms with E-state index in [9.17, 15) is 14.4 Å². The van der Waals surface area contributed by atoms with Gasteiger partial charge < -0.3 is 15.0 Å². The van der Waals surface area contributed by atoms with Gasteiger partial charge in [-0.1, -0.05) is 6.58 Å². The maximum atomic E-state index is 12.0. The van der Waals surface area contributed by atoms with Gasteiger partial charge in [0.05, 0.1) is 12.5 Å². The number of hydrogen-bond acceptors (Lipinski definition) is 4. The fraction of sp³-hybridized carbons (Fsp3) is 0.667. The molecule has 1 aliphatic heterocycles. The molecule has 0 spiro atoms. The Morgan fingerprint density at radius 1 is 1.14 bits per heavy atom. The normalized spacial score (nSPS) is 19.0. The van der Waals surface area contributed by atoms with Crippen LogP contribution in [0.1, 0.15) is 25.7 Å². The van der Waals surface area contributed by atoms with Gasteiger partial charge in [0, 0.05) is 19.0 Å². The number of likely N-dealkylation sites (tertiary alicyclic amines) is 1. The molecule has 2 aliphatic rings. The maximum absolute atomic E-state index is 12.0. The third kappa shape index (κ3) is 4.58. The lowest BCUT2D eigenvalue weighted by atomic mass is 9.96. The number of piperidine rings is 1. The summed E-state index contributed by atoms with van der Waals surface area (Å²) in [7, 11) is 0. The van der Waals surface area contributed by atoms with E-state index in [2.05, 4.69) is 11.9 Å². The molecule has 0 aromatic heterocycles. The van der Waals surface area contributed by atoms with Crippen LogP contribution in [0.15, 0.2) is 12.7 Å². The van der Waals surface area contributed by atoms with Gasteiger partial charge >= 0.3 is 5.97 Å². The molecule has 1 heterocycles. The second-order valence-corrected chi connectivity index (χ2v) is 5.54. The Bertz CT molecular complexity index is 423. The average molecular weight is 294 g/mol. The van der Waals surface area contributed by atoms with Crippen molar-refractivity contribution in [3.8, 4) is 0 Å². The molecule has 6 heteroatoms. The summed E-state index contributed by atoms with van der Waals surface area (Å²) in [6, 6.07) is 0. The zero-order chi connectivity index (χ0) is 15.2. The van der Waals surface area contributed by atoms with Crippen LogP contribution in [0.25, 0.3) is 0 Å². The fourth-order valence-corrected chi connectivity index (χ4v) is 2.40.